The summed E-state index contributed by atoms with van der Waals surface area (Å²) < 4.78 is 5.08. The normalized spacial score (nSPS) is 23.4. The van der Waals surface area contributed by atoms with Crippen LogP contribution in [0, 0.1) is 5.92 Å². The van der Waals surface area contributed by atoms with E-state index in [1.165, 1.54) is 0 Å². The summed E-state index contributed by atoms with van der Waals surface area (Å²) in [6.07, 6.45) is 8.13. The number of allylic oxidation sites excluding steroid dienone is 5. The summed E-state index contributed by atoms with van der Waals surface area (Å²) >= 11 is 0. The standard InChI is InChI=1S/C24H16O3/c25-23-21-19(15-9-3-1-4-10-15)17-13-7-8-14-18(17)20(22(21)24(26)27-23)16-11-5-2-6-12-16/h1-14,17,19H/t17-,19+/m1/s1. The number of benzene rings is 2. The average Bonchev–Trinajstić information content (AvgIpc) is 3.01. The third-order valence-corrected chi connectivity index (χ3v) is 5.37. The van der Waals surface area contributed by atoms with E-state index >= 15 is 0 Å². The monoisotopic (exact) mass is 352 g/mol. The molecule has 3 heteroatoms. The zero-order chi connectivity index (χ0) is 18.4. The Morgan fingerprint density at radius 2 is 1.44 bits per heavy atom. The molecule has 0 saturated heterocycles. The molecule has 0 saturated carbocycles. The smallest absolute Gasteiger partial charge is 0.347 e. The van der Waals surface area contributed by atoms with Crippen molar-refractivity contribution in [2.45, 2.75) is 5.92 Å². The first-order valence-corrected chi connectivity index (χ1v) is 8.96. The van der Waals surface area contributed by atoms with E-state index in [4.69, 9.17) is 4.74 Å². The topological polar surface area (TPSA) is 43.4 Å². The number of ether oxygens (including phenoxy) is 1. The molecule has 0 N–H and O–H groups in total. The fraction of sp³-hybridized carbons (Fsp3) is 0.0833. The Kier molecular flexibility index (Phi) is 3.54. The fourth-order valence-corrected chi connectivity index (χ4v) is 4.29. The molecule has 2 aromatic rings. The lowest BCUT2D eigenvalue weighted by Gasteiger charge is -2.34. The van der Waals surface area contributed by atoms with Gasteiger partial charge in [0.15, 0.2) is 0 Å². The molecule has 1 aliphatic heterocycles. The van der Waals surface area contributed by atoms with Gasteiger partial charge >= 0.3 is 11.9 Å². The molecule has 2 aliphatic carbocycles. The maximum atomic E-state index is 12.7. The molecule has 2 atom stereocenters. The molecule has 0 bridgehead atoms. The zero-order valence-electron chi connectivity index (χ0n) is 14.5. The molecule has 0 unspecified atom stereocenters. The Balaban J connectivity index is 1.83. The Hall–Kier alpha value is -3.46. The van der Waals surface area contributed by atoms with Gasteiger partial charge < -0.3 is 4.74 Å². The number of rotatable bonds is 2. The van der Waals surface area contributed by atoms with Gasteiger partial charge in [0.2, 0.25) is 0 Å². The molecule has 0 fully saturated rings. The van der Waals surface area contributed by atoms with Crippen molar-refractivity contribution >= 4 is 17.5 Å². The first kappa shape index (κ1) is 15.8. The molecule has 1 heterocycles. The van der Waals surface area contributed by atoms with Crippen molar-refractivity contribution in [3.8, 4) is 0 Å². The van der Waals surface area contributed by atoms with Crippen LogP contribution in [-0.2, 0) is 14.3 Å². The Morgan fingerprint density at radius 3 is 2.19 bits per heavy atom. The van der Waals surface area contributed by atoms with Crippen molar-refractivity contribution in [1.82, 2.24) is 0 Å². The van der Waals surface area contributed by atoms with Crippen molar-refractivity contribution in [1.29, 1.82) is 0 Å². The summed E-state index contributed by atoms with van der Waals surface area (Å²) in [4.78, 5) is 25.4. The second kappa shape index (κ2) is 6.06. The highest BCUT2D eigenvalue weighted by Crippen LogP contribution is 2.52. The van der Waals surface area contributed by atoms with Crippen LogP contribution in [0.1, 0.15) is 17.0 Å². The van der Waals surface area contributed by atoms with E-state index in [2.05, 4.69) is 6.08 Å². The second-order valence-corrected chi connectivity index (χ2v) is 6.82. The van der Waals surface area contributed by atoms with E-state index in [1.807, 2.05) is 78.9 Å². The molecular formula is C24H16O3. The molecule has 0 radical (unpaired) electrons. The number of fused-ring (bicyclic) bond motifs is 1. The Bertz CT molecular complexity index is 1070. The van der Waals surface area contributed by atoms with Gasteiger partial charge in [-0.15, -0.1) is 0 Å². The second-order valence-electron chi connectivity index (χ2n) is 6.82. The fourth-order valence-electron chi connectivity index (χ4n) is 4.29. The van der Waals surface area contributed by atoms with Gasteiger partial charge in [0, 0.05) is 17.4 Å². The summed E-state index contributed by atoms with van der Waals surface area (Å²) in [5.74, 6) is -1.34. The summed E-state index contributed by atoms with van der Waals surface area (Å²) in [6.45, 7) is 0. The minimum atomic E-state index is -0.552. The molecule has 0 aromatic heterocycles. The predicted octanol–water partition coefficient (Wildman–Crippen LogP) is 4.36. The van der Waals surface area contributed by atoms with Crippen molar-refractivity contribution in [2.75, 3.05) is 0 Å². The van der Waals surface area contributed by atoms with Gasteiger partial charge in [-0.25, -0.2) is 9.59 Å². The van der Waals surface area contributed by atoms with Crippen LogP contribution >= 0.6 is 0 Å². The number of carbonyl (C=O) groups excluding carboxylic acids is 2. The number of esters is 2. The van der Waals surface area contributed by atoms with E-state index in [-0.39, 0.29) is 11.8 Å². The van der Waals surface area contributed by atoms with Crippen LogP contribution in [0.3, 0.4) is 0 Å². The van der Waals surface area contributed by atoms with Crippen LogP contribution in [0.2, 0.25) is 0 Å². The highest BCUT2D eigenvalue weighted by Gasteiger charge is 2.47. The van der Waals surface area contributed by atoms with E-state index < -0.39 is 11.9 Å². The largest absolute Gasteiger partial charge is 0.386 e. The van der Waals surface area contributed by atoms with Gasteiger partial charge in [0.25, 0.3) is 0 Å². The number of hydrogen-bond acceptors (Lipinski definition) is 3. The number of hydrogen-bond donors (Lipinski definition) is 0. The highest BCUT2D eigenvalue weighted by atomic mass is 16.6. The van der Waals surface area contributed by atoms with Crippen molar-refractivity contribution in [2.24, 2.45) is 5.92 Å². The van der Waals surface area contributed by atoms with Crippen LogP contribution < -0.4 is 0 Å². The highest BCUT2D eigenvalue weighted by molar-refractivity contribution is 6.23. The van der Waals surface area contributed by atoms with Crippen LogP contribution in [0.5, 0.6) is 0 Å². The molecule has 3 aliphatic rings. The van der Waals surface area contributed by atoms with Crippen molar-refractivity contribution in [3.63, 3.8) is 0 Å². The third-order valence-electron chi connectivity index (χ3n) is 5.37. The lowest BCUT2D eigenvalue weighted by molar-refractivity contribution is -0.151. The van der Waals surface area contributed by atoms with Gasteiger partial charge in [-0.2, -0.15) is 0 Å². The van der Waals surface area contributed by atoms with Crippen LogP contribution in [0.25, 0.3) is 5.57 Å². The minimum absolute atomic E-state index is 0.0233. The summed E-state index contributed by atoms with van der Waals surface area (Å²) in [5, 5.41) is 0. The lowest BCUT2D eigenvalue weighted by atomic mass is 9.67. The summed E-state index contributed by atoms with van der Waals surface area (Å²) in [6, 6.07) is 19.6. The Labute approximate surface area is 157 Å². The molecule has 0 amide bonds. The maximum absolute atomic E-state index is 12.7. The first-order valence-electron chi connectivity index (χ1n) is 8.96. The molecule has 27 heavy (non-hydrogen) atoms. The maximum Gasteiger partial charge on any atom is 0.347 e. The van der Waals surface area contributed by atoms with Gasteiger partial charge in [-0.3, -0.25) is 0 Å². The van der Waals surface area contributed by atoms with Crippen LogP contribution in [-0.4, -0.2) is 11.9 Å². The molecular weight excluding hydrogens is 336 g/mol. The molecule has 2 aromatic carbocycles. The molecule has 130 valence electrons. The van der Waals surface area contributed by atoms with Crippen molar-refractivity contribution in [3.05, 3.63) is 113 Å². The summed E-state index contributed by atoms with van der Waals surface area (Å²) in [5.41, 5.74) is 4.65. The molecule has 0 spiro atoms. The SMILES string of the molecule is O=C1OC(=O)C2=C1C(c1ccccc1)=C1C=CC=C[C@H]1[C@@H]2c1ccccc1. The third kappa shape index (κ3) is 2.36. The average molecular weight is 352 g/mol. The molecule has 3 nitrogen and oxygen atoms in total. The number of carbonyl (C=O) groups is 2. The quantitative estimate of drug-likeness (QED) is 0.596. The van der Waals surface area contributed by atoms with E-state index in [0.717, 1.165) is 22.3 Å². The first-order chi connectivity index (χ1) is 13.3. The zero-order valence-corrected chi connectivity index (χ0v) is 14.5. The minimum Gasteiger partial charge on any atom is -0.386 e. The lowest BCUT2D eigenvalue weighted by Crippen LogP contribution is -2.25. The van der Waals surface area contributed by atoms with Crippen LogP contribution in [0.4, 0.5) is 0 Å². The van der Waals surface area contributed by atoms with E-state index in [0.29, 0.717) is 11.1 Å². The van der Waals surface area contributed by atoms with E-state index in [9.17, 15) is 9.59 Å². The van der Waals surface area contributed by atoms with Gasteiger partial charge in [0.05, 0.1) is 11.1 Å². The van der Waals surface area contributed by atoms with E-state index in [1.54, 1.807) is 0 Å². The molecule has 5 rings (SSSR count). The number of cyclic esters (lactones) is 2. The van der Waals surface area contributed by atoms with Gasteiger partial charge in [-0.05, 0) is 16.7 Å². The summed E-state index contributed by atoms with van der Waals surface area (Å²) in [7, 11) is 0. The van der Waals surface area contributed by atoms with Crippen molar-refractivity contribution < 1.29 is 14.3 Å². The van der Waals surface area contributed by atoms with Gasteiger partial charge in [0.1, 0.15) is 0 Å². The predicted molar refractivity (Wildman–Crippen MR) is 102 cm³/mol. The van der Waals surface area contributed by atoms with Gasteiger partial charge in [-0.1, -0.05) is 85.0 Å². The van der Waals surface area contributed by atoms with Crippen LogP contribution in [0.15, 0.2) is 102 Å². The Morgan fingerprint density at radius 1 is 0.741 bits per heavy atom.